The Morgan fingerprint density at radius 1 is 1.50 bits per heavy atom. The predicted molar refractivity (Wildman–Crippen MR) is 77.7 cm³/mol. The van der Waals surface area contributed by atoms with Crippen molar-refractivity contribution in [3.63, 3.8) is 0 Å². The van der Waals surface area contributed by atoms with E-state index in [1.54, 1.807) is 20.8 Å². The first-order valence-corrected chi connectivity index (χ1v) is 8.04. The van der Waals surface area contributed by atoms with Gasteiger partial charge in [-0.05, 0) is 20.8 Å². The summed E-state index contributed by atoms with van der Waals surface area (Å²) < 4.78 is 5.31. The first-order chi connectivity index (χ1) is 9.37. The monoisotopic (exact) mass is 316 g/mol. The number of thioether (sulfide) groups is 1. The van der Waals surface area contributed by atoms with Gasteiger partial charge in [-0.15, -0.1) is 22.0 Å². The first-order valence-electron chi connectivity index (χ1n) is 6.01. The van der Waals surface area contributed by atoms with Crippen LogP contribution >= 0.6 is 23.1 Å². The summed E-state index contributed by atoms with van der Waals surface area (Å²) in [5.74, 6) is 0.727. The standard InChI is InChI=1S/C11H16N4O3S2/c1-11(2,3)18-10(17)15-6-19-4-7(15)8(16)13-9-14-12-5-20-9/h5,7H,4,6H2,1-3H3,(H,13,14,16)/t7-/m1/s1. The number of hydrogen-bond acceptors (Lipinski definition) is 7. The molecule has 0 radical (unpaired) electrons. The maximum absolute atomic E-state index is 12.2. The van der Waals surface area contributed by atoms with E-state index < -0.39 is 17.7 Å². The van der Waals surface area contributed by atoms with Crippen LogP contribution in [0.2, 0.25) is 0 Å². The van der Waals surface area contributed by atoms with Crippen LogP contribution in [0, 0.1) is 0 Å². The topological polar surface area (TPSA) is 84.4 Å². The van der Waals surface area contributed by atoms with Gasteiger partial charge in [0, 0.05) is 5.75 Å². The minimum Gasteiger partial charge on any atom is -0.444 e. The van der Waals surface area contributed by atoms with Gasteiger partial charge in [-0.3, -0.25) is 15.0 Å². The van der Waals surface area contributed by atoms with E-state index in [2.05, 4.69) is 15.5 Å². The Balaban J connectivity index is 1.99. The van der Waals surface area contributed by atoms with Gasteiger partial charge in [0.15, 0.2) is 0 Å². The molecule has 1 aromatic heterocycles. The molecule has 2 amide bonds. The predicted octanol–water partition coefficient (Wildman–Crippen LogP) is 1.79. The lowest BCUT2D eigenvalue weighted by atomic mass is 10.2. The van der Waals surface area contributed by atoms with Gasteiger partial charge in [0.05, 0.1) is 5.88 Å². The second kappa shape index (κ2) is 5.96. The van der Waals surface area contributed by atoms with Crippen LogP contribution in [0.1, 0.15) is 20.8 Å². The van der Waals surface area contributed by atoms with Crippen LogP contribution in [-0.2, 0) is 9.53 Å². The molecule has 2 rings (SSSR count). The van der Waals surface area contributed by atoms with E-state index in [0.717, 1.165) is 0 Å². The van der Waals surface area contributed by atoms with Gasteiger partial charge >= 0.3 is 6.09 Å². The number of ether oxygens (including phenoxy) is 1. The van der Waals surface area contributed by atoms with Crippen molar-refractivity contribution in [3.05, 3.63) is 5.51 Å². The maximum atomic E-state index is 12.2. The fraction of sp³-hybridized carbons (Fsp3) is 0.636. The smallest absolute Gasteiger partial charge is 0.411 e. The average Bonchev–Trinajstić information content (AvgIpc) is 2.96. The molecule has 1 saturated heterocycles. The molecular weight excluding hydrogens is 300 g/mol. The van der Waals surface area contributed by atoms with Gasteiger partial charge in [-0.25, -0.2) is 4.79 Å². The summed E-state index contributed by atoms with van der Waals surface area (Å²) in [6, 6.07) is -0.543. The Morgan fingerprint density at radius 3 is 2.85 bits per heavy atom. The number of hydrogen-bond donors (Lipinski definition) is 1. The molecular formula is C11H16N4O3S2. The zero-order valence-electron chi connectivity index (χ0n) is 11.5. The summed E-state index contributed by atoms with van der Waals surface area (Å²) >= 11 is 2.75. The van der Waals surface area contributed by atoms with Crippen molar-refractivity contribution in [1.29, 1.82) is 0 Å². The molecule has 1 atom stereocenters. The average molecular weight is 316 g/mol. The number of aromatic nitrogens is 2. The largest absolute Gasteiger partial charge is 0.444 e. The second-order valence-corrected chi connectivity index (χ2v) is 7.03. The molecule has 9 heteroatoms. The minimum absolute atomic E-state index is 0.266. The Kier molecular flexibility index (Phi) is 4.48. The van der Waals surface area contributed by atoms with Crippen LogP contribution < -0.4 is 5.32 Å². The zero-order chi connectivity index (χ0) is 14.8. The lowest BCUT2D eigenvalue weighted by molar-refractivity contribution is -0.120. The third-order valence-electron chi connectivity index (χ3n) is 2.40. The SMILES string of the molecule is CC(C)(C)OC(=O)N1CSC[C@@H]1C(=O)Nc1nncs1. The first kappa shape index (κ1) is 15.0. The quantitative estimate of drug-likeness (QED) is 0.895. The summed E-state index contributed by atoms with van der Waals surface area (Å²) in [4.78, 5) is 25.7. The normalized spacial score (nSPS) is 18.9. The molecule has 1 aromatic rings. The summed E-state index contributed by atoms with van der Waals surface area (Å²) in [5.41, 5.74) is 0.954. The molecule has 0 aliphatic carbocycles. The number of amides is 2. The van der Waals surface area contributed by atoms with Crippen molar-refractivity contribution >= 4 is 40.2 Å². The highest BCUT2D eigenvalue weighted by atomic mass is 32.2. The van der Waals surface area contributed by atoms with Crippen LogP contribution in [-0.4, -0.2) is 50.4 Å². The fourth-order valence-corrected chi connectivity index (χ4v) is 3.17. The number of nitrogens with one attached hydrogen (secondary N) is 1. The lowest BCUT2D eigenvalue weighted by Gasteiger charge is -2.27. The molecule has 0 bridgehead atoms. The van der Waals surface area contributed by atoms with Gasteiger partial charge < -0.3 is 4.74 Å². The molecule has 20 heavy (non-hydrogen) atoms. The van der Waals surface area contributed by atoms with Crippen LogP contribution in [0.4, 0.5) is 9.93 Å². The third kappa shape index (κ3) is 3.83. The van der Waals surface area contributed by atoms with Crippen molar-refractivity contribution in [2.75, 3.05) is 16.9 Å². The van der Waals surface area contributed by atoms with E-state index in [-0.39, 0.29) is 5.91 Å². The van der Waals surface area contributed by atoms with E-state index >= 15 is 0 Å². The van der Waals surface area contributed by atoms with Crippen molar-refractivity contribution < 1.29 is 14.3 Å². The van der Waals surface area contributed by atoms with E-state index in [4.69, 9.17) is 4.74 Å². The van der Waals surface area contributed by atoms with E-state index in [1.807, 2.05) is 0 Å². The van der Waals surface area contributed by atoms with Crippen LogP contribution in [0.5, 0.6) is 0 Å². The number of anilines is 1. The molecule has 1 fully saturated rings. The van der Waals surface area contributed by atoms with Crippen molar-refractivity contribution in [2.24, 2.45) is 0 Å². The highest BCUT2D eigenvalue weighted by Gasteiger charge is 2.37. The number of rotatable bonds is 2. The molecule has 1 N–H and O–H groups in total. The molecule has 0 unspecified atom stereocenters. The summed E-state index contributed by atoms with van der Waals surface area (Å²) in [5, 5.41) is 10.5. The second-order valence-electron chi connectivity index (χ2n) is 5.20. The molecule has 0 saturated carbocycles. The molecule has 1 aliphatic heterocycles. The van der Waals surface area contributed by atoms with Gasteiger partial charge in [-0.1, -0.05) is 11.3 Å². The van der Waals surface area contributed by atoms with Crippen molar-refractivity contribution in [1.82, 2.24) is 15.1 Å². The number of nitrogens with zero attached hydrogens (tertiary/aromatic N) is 3. The van der Waals surface area contributed by atoms with Crippen molar-refractivity contribution in [3.8, 4) is 0 Å². The fourth-order valence-electron chi connectivity index (χ4n) is 1.58. The summed E-state index contributed by atoms with van der Waals surface area (Å²) in [6.07, 6.45) is -0.472. The lowest BCUT2D eigenvalue weighted by Crippen LogP contribution is -2.46. The zero-order valence-corrected chi connectivity index (χ0v) is 13.1. The van der Waals surface area contributed by atoms with E-state index in [0.29, 0.717) is 16.8 Å². The third-order valence-corrected chi connectivity index (χ3v) is 4.02. The number of carbonyl (C=O) groups excluding carboxylic acids is 2. The Morgan fingerprint density at radius 2 is 2.25 bits per heavy atom. The Labute approximate surface area is 125 Å². The summed E-state index contributed by atoms with van der Waals surface area (Å²) in [7, 11) is 0. The highest BCUT2D eigenvalue weighted by molar-refractivity contribution is 7.99. The van der Waals surface area contributed by atoms with Gasteiger partial charge in [-0.2, -0.15) is 0 Å². The molecule has 0 spiro atoms. The van der Waals surface area contributed by atoms with Crippen molar-refractivity contribution in [2.45, 2.75) is 32.4 Å². The molecule has 110 valence electrons. The minimum atomic E-state index is -0.579. The summed E-state index contributed by atoms with van der Waals surface area (Å²) in [6.45, 7) is 5.39. The van der Waals surface area contributed by atoms with Crippen LogP contribution in [0.3, 0.4) is 0 Å². The van der Waals surface area contributed by atoms with E-state index in [9.17, 15) is 9.59 Å². The van der Waals surface area contributed by atoms with Crippen LogP contribution in [0.15, 0.2) is 5.51 Å². The highest BCUT2D eigenvalue weighted by Crippen LogP contribution is 2.24. The van der Waals surface area contributed by atoms with E-state index in [1.165, 1.54) is 33.5 Å². The molecule has 2 heterocycles. The van der Waals surface area contributed by atoms with Crippen LogP contribution in [0.25, 0.3) is 0 Å². The van der Waals surface area contributed by atoms with Gasteiger partial charge in [0.2, 0.25) is 11.0 Å². The molecule has 7 nitrogen and oxygen atoms in total. The molecule has 0 aromatic carbocycles. The van der Waals surface area contributed by atoms with Gasteiger partial charge in [0.25, 0.3) is 0 Å². The Hall–Kier alpha value is -1.35. The number of carbonyl (C=O) groups is 2. The Bertz CT molecular complexity index is 486. The molecule has 1 aliphatic rings. The van der Waals surface area contributed by atoms with Gasteiger partial charge in [0.1, 0.15) is 17.2 Å². The maximum Gasteiger partial charge on any atom is 0.411 e.